The van der Waals surface area contributed by atoms with E-state index in [1.54, 1.807) is 11.6 Å². The predicted octanol–water partition coefficient (Wildman–Crippen LogP) is 0.461. The predicted molar refractivity (Wildman–Crippen MR) is 50.2 cm³/mol. The fraction of sp³-hybridized carbons (Fsp3) is 0.556. The van der Waals surface area contributed by atoms with Gasteiger partial charge in [-0.2, -0.15) is 5.10 Å². The third-order valence-electron chi connectivity index (χ3n) is 2.27. The normalized spacial score (nSPS) is 17.6. The fourth-order valence-corrected chi connectivity index (χ4v) is 1.66. The minimum atomic E-state index is -0.509. The van der Waals surface area contributed by atoms with Crippen LogP contribution in [0.4, 0.5) is 0 Å². The average molecular weight is 195 g/mol. The summed E-state index contributed by atoms with van der Waals surface area (Å²) in [6, 6.07) is 0. The first-order valence-electron chi connectivity index (χ1n) is 4.47. The van der Waals surface area contributed by atoms with Gasteiger partial charge in [0.25, 0.3) is 5.91 Å². The van der Waals surface area contributed by atoms with E-state index < -0.39 is 5.91 Å². The molecule has 0 aliphatic carbocycles. The van der Waals surface area contributed by atoms with Crippen LogP contribution < -0.4 is 10.5 Å². The Morgan fingerprint density at radius 1 is 1.64 bits per heavy atom. The minimum Gasteiger partial charge on any atom is -0.470 e. The Balaban J connectivity index is 2.46. The molecule has 0 unspecified atom stereocenters. The van der Waals surface area contributed by atoms with Gasteiger partial charge in [-0.25, -0.2) is 4.68 Å². The summed E-state index contributed by atoms with van der Waals surface area (Å²) in [5, 5.41) is 4.10. The van der Waals surface area contributed by atoms with Gasteiger partial charge in [-0.05, 0) is 20.8 Å². The Labute approximate surface area is 81.8 Å². The number of aromatic nitrogens is 2. The summed E-state index contributed by atoms with van der Waals surface area (Å²) in [7, 11) is 0. The van der Waals surface area contributed by atoms with Crippen molar-refractivity contribution in [3.63, 3.8) is 0 Å². The molecule has 1 aromatic rings. The van der Waals surface area contributed by atoms with Crippen LogP contribution in [0, 0.1) is 6.92 Å². The van der Waals surface area contributed by atoms with Crippen LogP contribution in [0.1, 0.15) is 29.9 Å². The Morgan fingerprint density at radius 2 is 2.29 bits per heavy atom. The fourth-order valence-electron chi connectivity index (χ4n) is 1.66. The van der Waals surface area contributed by atoms with Gasteiger partial charge >= 0.3 is 0 Å². The van der Waals surface area contributed by atoms with Crippen LogP contribution in [-0.2, 0) is 6.54 Å². The second-order valence-electron chi connectivity index (χ2n) is 4.16. The molecular formula is C9H13N3O2. The van der Waals surface area contributed by atoms with Crippen LogP contribution in [0.2, 0.25) is 0 Å². The number of ether oxygens (including phenoxy) is 1. The van der Waals surface area contributed by atoms with E-state index >= 15 is 0 Å². The molecule has 5 nitrogen and oxygen atoms in total. The zero-order valence-electron chi connectivity index (χ0n) is 8.50. The summed E-state index contributed by atoms with van der Waals surface area (Å²) in [4.78, 5) is 11.0. The highest BCUT2D eigenvalue weighted by Gasteiger charge is 2.34. The van der Waals surface area contributed by atoms with Crippen molar-refractivity contribution < 1.29 is 9.53 Å². The van der Waals surface area contributed by atoms with Crippen LogP contribution in [0.15, 0.2) is 0 Å². The van der Waals surface area contributed by atoms with E-state index in [9.17, 15) is 4.79 Å². The van der Waals surface area contributed by atoms with Gasteiger partial charge in [0, 0.05) is 5.56 Å². The largest absolute Gasteiger partial charge is 0.470 e. The summed E-state index contributed by atoms with van der Waals surface area (Å²) in [6.07, 6.45) is 0. The summed E-state index contributed by atoms with van der Waals surface area (Å²) in [6.45, 7) is 6.40. The van der Waals surface area contributed by atoms with Gasteiger partial charge < -0.3 is 10.5 Å². The third-order valence-corrected chi connectivity index (χ3v) is 2.27. The van der Waals surface area contributed by atoms with Crippen molar-refractivity contribution in [3.8, 4) is 5.88 Å². The van der Waals surface area contributed by atoms with Crippen LogP contribution in [0.5, 0.6) is 5.88 Å². The topological polar surface area (TPSA) is 70.1 Å². The molecule has 0 atom stereocenters. The number of rotatable bonds is 1. The number of hydrogen-bond acceptors (Lipinski definition) is 3. The van der Waals surface area contributed by atoms with E-state index in [2.05, 4.69) is 5.10 Å². The lowest BCUT2D eigenvalue weighted by molar-refractivity contribution is 0.0989. The first-order chi connectivity index (χ1) is 6.41. The zero-order valence-corrected chi connectivity index (χ0v) is 8.50. The smallest absolute Gasteiger partial charge is 0.269 e. The standard InChI is InChI=1S/C9H13N3O2/c1-5-6(7(10)13)11-12-4-9(2,3)14-8(5)12/h4H2,1-3H3,(H2,10,13). The Morgan fingerprint density at radius 3 is 2.79 bits per heavy atom. The molecule has 5 heteroatoms. The monoisotopic (exact) mass is 195 g/mol. The summed E-state index contributed by atoms with van der Waals surface area (Å²) in [5.41, 5.74) is 5.95. The summed E-state index contributed by atoms with van der Waals surface area (Å²) < 4.78 is 7.34. The van der Waals surface area contributed by atoms with Gasteiger partial charge in [0.15, 0.2) is 5.69 Å². The molecule has 1 aliphatic heterocycles. The minimum absolute atomic E-state index is 0.247. The van der Waals surface area contributed by atoms with Crippen LogP contribution >= 0.6 is 0 Å². The molecule has 1 aromatic heterocycles. The molecule has 2 rings (SSSR count). The highest BCUT2D eigenvalue weighted by molar-refractivity contribution is 5.92. The van der Waals surface area contributed by atoms with E-state index in [1.807, 2.05) is 13.8 Å². The SMILES string of the molecule is Cc1c(C(N)=O)nn2c1OC(C)(C)C2. The Bertz CT molecular complexity index is 406. The number of primary amides is 1. The van der Waals surface area contributed by atoms with Gasteiger partial charge in [0.2, 0.25) is 5.88 Å². The van der Waals surface area contributed by atoms with Gasteiger partial charge in [0.05, 0.1) is 6.54 Å². The second-order valence-corrected chi connectivity index (χ2v) is 4.16. The molecule has 0 aromatic carbocycles. The number of hydrogen-bond donors (Lipinski definition) is 1. The summed E-state index contributed by atoms with van der Waals surface area (Å²) >= 11 is 0. The molecule has 1 aliphatic rings. The molecule has 76 valence electrons. The molecule has 14 heavy (non-hydrogen) atoms. The number of nitrogens with two attached hydrogens (primary N) is 1. The van der Waals surface area contributed by atoms with Gasteiger partial charge in [0.1, 0.15) is 5.60 Å². The molecule has 0 saturated heterocycles. The second kappa shape index (κ2) is 2.50. The molecule has 0 radical (unpaired) electrons. The number of amides is 1. The quantitative estimate of drug-likeness (QED) is 0.707. The van der Waals surface area contributed by atoms with Crippen LogP contribution in [0.3, 0.4) is 0 Å². The molecule has 0 fully saturated rings. The maximum atomic E-state index is 11.0. The lowest BCUT2D eigenvalue weighted by atomic mass is 10.1. The molecular weight excluding hydrogens is 182 g/mol. The van der Waals surface area contributed by atoms with Crippen molar-refractivity contribution in [2.75, 3.05) is 0 Å². The number of nitrogens with zero attached hydrogens (tertiary/aromatic N) is 2. The van der Waals surface area contributed by atoms with Crippen molar-refractivity contribution >= 4 is 5.91 Å². The van der Waals surface area contributed by atoms with Gasteiger partial charge in [-0.15, -0.1) is 0 Å². The molecule has 2 N–H and O–H groups in total. The lowest BCUT2D eigenvalue weighted by Crippen LogP contribution is -2.27. The maximum absolute atomic E-state index is 11.0. The van der Waals surface area contributed by atoms with Crippen molar-refractivity contribution in [1.29, 1.82) is 0 Å². The van der Waals surface area contributed by atoms with Crippen molar-refractivity contribution in [2.24, 2.45) is 5.73 Å². The maximum Gasteiger partial charge on any atom is 0.269 e. The van der Waals surface area contributed by atoms with Gasteiger partial charge in [-0.3, -0.25) is 4.79 Å². The van der Waals surface area contributed by atoms with E-state index in [-0.39, 0.29) is 5.60 Å². The third kappa shape index (κ3) is 1.16. The van der Waals surface area contributed by atoms with E-state index in [4.69, 9.17) is 10.5 Å². The van der Waals surface area contributed by atoms with E-state index in [1.165, 1.54) is 0 Å². The number of fused-ring (bicyclic) bond motifs is 1. The highest BCUT2D eigenvalue weighted by atomic mass is 16.5. The zero-order chi connectivity index (χ0) is 10.5. The number of carbonyl (C=O) groups is 1. The number of carbonyl (C=O) groups excluding carboxylic acids is 1. The van der Waals surface area contributed by atoms with Crippen molar-refractivity contribution in [3.05, 3.63) is 11.3 Å². The Kier molecular flexibility index (Phi) is 1.61. The van der Waals surface area contributed by atoms with E-state index in [0.717, 1.165) is 5.56 Å². The molecule has 2 heterocycles. The van der Waals surface area contributed by atoms with Crippen molar-refractivity contribution in [2.45, 2.75) is 32.9 Å². The lowest BCUT2D eigenvalue weighted by Gasteiger charge is -2.16. The van der Waals surface area contributed by atoms with Crippen LogP contribution in [-0.4, -0.2) is 21.3 Å². The summed E-state index contributed by atoms with van der Waals surface area (Å²) in [5.74, 6) is 0.148. The molecule has 0 spiro atoms. The first-order valence-corrected chi connectivity index (χ1v) is 4.47. The van der Waals surface area contributed by atoms with Gasteiger partial charge in [-0.1, -0.05) is 0 Å². The average Bonchev–Trinajstić information content (AvgIpc) is 2.46. The molecule has 1 amide bonds. The van der Waals surface area contributed by atoms with E-state index in [0.29, 0.717) is 18.1 Å². The molecule has 0 bridgehead atoms. The molecule has 0 saturated carbocycles. The first kappa shape index (κ1) is 9.05. The van der Waals surface area contributed by atoms with Crippen LogP contribution in [0.25, 0.3) is 0 Å². The Hall–Kier alpha value is -1.52. The van der Waals surface area contributed by atoms with Crippen molar-refractivity contribution in [1.82, 2.24) is 9.78 Å². The highest BCUT2D eigenvalue weighted by Crippen LogP contribution is 2.32.